The molecule has 0 amide bonds. The summed E-state index contributed by atoms with van der Waals surface area (Å²) < 4.78 is 13.3. The summed E-state index contributed by atoms with van der Waals surface area (Å²) in [4.78, 5) is 12.6. The van der Waals surface area contributed by atoms with Crippen LogP contribution in [-0.4, -0.2) is 12.4 Å². The highest BCUT2D eigenvalue weighted by Gasteiger charge is 2.17. The molecule has 3 aromatic rings. The minimum Gasteiger partial charge on any atom is -0.490 e. The third kappa shape index (κ3) is 6.13. The number of carbonyl (C=O) groups excluding carboxylic acids is 1. The Morgan fingerprint density at radius 1 is 1.00 bits per heavy atom. The highest BCUT2D eigenvalue weighted by Crippen LogP contribution is 2.43. The molecule has 0 aromatic heterocycles. The largest absolute Gasteiger partial charge is 0.490 e. The van der Waals surface area contributed by atoms with Gasteiger partial charge in [-0.3, -0.25) is 4.79 Å². The van der Waals surface area contributed by atoms with Gasteiger partial charge in [0.15, 0.2) is 17.3 Å². The standard InChI is InChI=1S/C24H18Br2Cl2O3/c1-2-30-21-12-16(8-11-20(29)18-10-9-17(27)13-19(18)28)22(25)23(26)24(21)31-14-15-6-4-3-5-7-15/h3-13H,2,14H2,1H3/b11-8+. The van der Waals surface area contributed by atoms with Gasteiger partial charge in [0.25, 0.3) is 0 Å². The molecule has 0 bridgehead atoms. The second-order valence-electron chi connectivity index (χ2n) is 6.45. The van der Waals surface area contributed by atoms with Crippen LogP contribution in [0.4, 0.5) is 0 Å². The van der Waals surface area contributed by atoms with Crippen molar-refractivity contribution in [2.45, 2.75) is 13.5 Å². The van der Waals surface area contributed by atoms with Gasteiger partial charge in [-0.05, 0) is 86.3 Å². The van der Waals surface area contributed by atoms with Crippen molar-refractivity contribution < 1.29 is 14.3 Å². The third-order valence-electron chi connectivity index (χ3n) is 4.29. The van der Waals surface area contributed by atoms with E-state index in [1.54, 1.807) is 24.3 Å². The second-order valence-corrected chi connectivity index (χ2v) is 8.88. The van der Waals surface area contributed by atoms with Crippen LogP contribution in [-0.2, 0) is 6.61 Å². The highest BCUT2D eigenvalue weighted by atomic mass is 79.9. The first-order chi connectivity index (χ1) is 14.9. The van der Waals surface area contributed by atoms with E-state index < -0.39 is 0 Å². The number of rotatable bonds is 8. The third-order valence-corrected chi connectivity index (χ3v) is 6.98. The summed E-state index contributed by atoms with van der Waals surface area (Å²) in [5.74, 6) is 0.930. The van der Waals surface area contributed by atoms with Crippen molar-refractivity contribution in [3.05, 3.63) is 96.4 Å². The van der Waals surface area contributed by atoms with Crippen LogP contribution in [0.5, 0.6) is 11.5 Å². The quantitative estimate of drug-likeness (QED) is 0.197. The maximum atomic E-state index is 12.6. The average molecular weight is 585 g/mol. The molecule has 0 saturated heterocycles. The van der Waals surface area contributed by atoms with E-state index in [1.165, 1.54) is 6.08 Å². The van der Waals surface area contributed by atoms with Crippen molar-refractivity contribution in [1.82, 2.24) is 0 Å². The van der Waals surface area contributed by atoms with Gasteiger partial charge in [0.05, 0.1) is 16.1 Å². The summed E-state index contributed by atoms with van der Waals surface area (Å²) in [6.07, 6.45) is 3.16. The van der Waals surface area contributed by atoms with Crippen LogP contribution >= 0.6 is 55.1 Å². The molecule has 0 saturated carbocycles. The Kier molecular flexibility index (Phi) is 8.61. The number of ether oxygens (including phenoxy) is 2. The number of ketones is 1. The van der Waals surface area contributed by atoms with Gasteiger partial charge in [0.2, 0.25) is 0 Å². The topological polar surface area (TPSA) is 35.5 Å². The lowest BCUT2D eigenvalue weighted by atomic mass is 10.1. The number of carbonyl (C=O) groups is 1. The zero-order valence-electron chi connectivity index (χ0n) is 16.5. The number of allylic oxidation sites excluding steroid dienone is 1. The normalized spacial score (nSPS) is 11.0. The van der Waals surface area contributed by atoms with E-state index in [0.717, 1.165) is 15.6 Å². The average Bonchev–Trinajstić information content (AvgIpc) is 2.75. The first-order valence-corrected chi connectivity index (χ1v) is 11.7. The van der Waals surface area contributed by atoms with E-state index in [4.69, 9.17) is 32.7 Å². The summed E-state index contributed by atoms with van der Waals surface area (Å²) in [5, 5.41) is 0.784. The number of hydrogen-bond donors (Lipinski definition) is 0. The van der Waals surface area contributed by atoms with Gasteiger partial charge in [0.1, 0.15) is 6.61 Å². The van der Waals surface area contributed by atoms with Crippen LogP contribution in [0.25, 0.3) is 6.08 Å². The first kappa shape index (κ1) is 23.9. The SMILES string of the molecule is CCOc1cc(/C=C/C(=O)c2ccc(Cl)cc2Cl)c(Br)c(Br)c1OCc1ccccc1. The van der Waals surface area contributed by atoms with Crippen LogP contribution in [0.1, 0.15) is 28.4 Å². The molecule has 0 atom stereocenters. The van der Waals surface area contributed by atoms with Crippen LogP contribution < -0.4 is 9.47 Å². The molecule has 160 valence electrons. The second kappa shape index (κ2) is 11.2. The van der Waals surface area contributed by atoms with E-state index in [-0.39, 0.29) is 5.78 Å². The molecule has 0 N–H and O–H groups in total. The van der Waals surface area contributed by atoms with Crippen LogP contribution in [0.2, 0.25) is 10.0 Å². The van der Waals surface area contributed by atoms with Crippen molar-refractivity contribution in [1.29, 1.82) is 0 Å². The maximum absolute atomic E-state index is 12.6. The van der Waals surface area contributed by atoms with E-state index in [0.29, 0.717) is 44.8 Å². The number of halogens is 4. The molecular weight excluding hydrogens is 567 g/mol. The fourth-order valence-corrected chi connectivity index (χ4v) is 4.26. The van der Waals surface area contributed by atoms with E-state index in [2.05, 4.69) is 31.9 Å². The number of benzene rings is 3. The predicted molar refractivity (Wildman–Crippen MR) is 134 cm³/mol. The van der Waals surface area contributed by atoms with Crippen LogP contribution in [0, 0.1) is 0 Å². The Hall–Kier alpha value is -1.79. The fraction of sp³-hybridized carbons (Fsp3) is 0.125. The van der Waals surface area contributed by atoms with E-state index in [9.17, 15) is 4.79 Å². The monoisotopic (exact) mass is 582 g/mol. The Balaban J connectivity index is 1.88. The van der Waals surface area contributed by atoms with Crippen molar-refractivity contribution in [2.24, 2.45) is 0 Å². The minimum atomic E-state index is -0.230. The highest BCUT2D eigenvalue weighted by molar-refractivity contribution is 9.13. The molecule has 0 fully saturated rings. The van der Waals surface area contributed by atoms with Crippen molar-refractivity contribution in [3.63, 3.8) is 0 Å². The zero-order valence-corrected chi connectivity index (χ0v) is 21.2. The van der Waals surface area contributed by atoms with Crippen molar-refractivity contribution in [3.8, 4) is 11.5 Å². The summed E-state index contributed by atoms with van der Waals surface area (Å²) in [7, 11) is 0. The summed E-state index contributed by atoms with van der Waals surface area (Å²) in [6.45, 7) is 2.77. The van der Waals surface area contributed by atoms with Gasteiger partial charge in [-0.1, -0.05) is 53.5 Å². The molecule has 0 spiro atoms. The molecule has 0 aliphatic carbocycles. The molecule has 0 radical (unpaired) electrons. The molecule has 0 aliphatic heterocycles. The summed E-state index contributed by atoms with van der Waals surface area (Å²) >= 11 is 19.2. The van der Waals surface area contributed by atoms with Gasteiger partial charge in [-0.2, -0.15) is 0 Å². The lowest BCUT2D eigenvalue weighted by molar-refractivity contribution is 0.104. The van der Waals surface area contributed by atoms with Gasteiger partial charge in [-0.15, -0.1) is 0 Å². The van der Waals surface area contributed by atoms with Gasteiger partial charge in [0, 0.05) is 15.1 Å². The molecule has 3 aromatic carbocycles. The fourth-order valence-electron chi connectivity index (χ4n) is 2.80. The molecule has 3 rings (SSSR count). The molecule has 3 nitrogen and oxygen atoms in total. The van der Waals surface area contributed by atoms with Crippen molar-refractivity contribution in [2.75, 3.05) is 6.61 Å². The molecule has 31 heavy (non-hydrogen) atoms. The summed E-state index contributed by atoms with van der Waals surface area (Å²) in [5.41, 5.74) is 2.17. The van der Waals surface area contributed by atoms with E-state index in [1.807, 2.05) is 43.3 Å². The Morgan fingerprint density at radius 2 is 1.74 bits per heavy atom. The zero-order chi connectivity index (χ0) is 22.4. The molecular formula is C24H18Br2Cl2O3. The van der Waals surface area contributed by atoms with Gasteiger partial charge in [-0.25, -0.2) is 0 Å². The Labute approximate surface area is 208 Å². The lowest BCUT2D eigenvalue weighted by Crippen LogP contribution is -2.02. The predicted octanol–water partition coefficient (Wildman–Crippen LogP) is 8.39. The molecule has 0 unspecified atom stereocenters. The van der Waals surface area contributed by atoms with Crippen LogP contribution in [0.3, 0.4) is 0 Å². The molecule has 7 heteroatoms. The first-order valence-electron chi connectivity index (χ1n) is 9.39. The maximum Gasteiger partial charge on any atom is 0.187 e. The Bertz CT molecular complexity index is 1120. The minimum absolute atomic E-state index is 0.230. The lowest BCUT2D eigenvalue weighted by Gasteiger charge is -2.16. The van der Waals surface area contributed by atoms with Gasteiger partial charge < -0.3 is 9.47 Å². The molecule has 0 heterocycles. The molecule has 0 aliphatic rings. The smallest absolute Gasteiger partial charge is 0.187 e. The number of hydrogen-bond acceptors (Lipinski definition) is 3. The van der Waals surface area contributed by atoms with E-state index >= 15 is 0 Å². The van der Waals surface area contributed by atoms with Crippen LogP contribution in [0.15, 0.2) is 69.6 Å². The Morgan fingerprint density at radius 3 is 2.42 bits per heavy atom. The van der Waals surface area contributed by atoms with Crippen molar-refractivity contribution >= 4 is 66.9 Å². The van der Waals surface area contributed by atoms with Gasteiger partial charge >= 0.3 is 0 Å². The summed E-state index contributed by atoms with van der Waals surface area (Å²) in [6, 6.07) is 16.5.